The van der Waals surface area contributed by atoms with Gasteiger partial charge in [-0.2, -0.15) is 0 Å². The normalized spacial score (nSPS) is 10.6. The summed E-state index contributed by atoms with van der Waals surface area (Å²) in [5, 5.41) is 15.6. The topological polar surface area (TPSA) is 70.2 Å². The molecule has 1 aromatic rings. The van der Waals surface area contributed by atoms with Gasteiger partial charge in [0.1, 0.15) is 5.01 Å². The third-order valence-corrected chi connectivity index (χ3v) is 2.96. The first kappa shape index (κ1) is 13.9. The molecule has 0 radical (unpaired) electrons. The van der Waals surface area contributed by atoms with Crippen molar-refractivity contribution in [1.29, 1.82) is 0 Å². The Kier molecular flexibility index (Phi) is 5.85. The molecule has 1 aromatic heterocycles. The maximum Gasteiger partial charge on any atom is 0.233 e. The van der Waals surface area contributed by atoms with E-state index in [0.717, 1.165) is 23.1 Å². The summed E-state index contributed by atoms with van der Waals surface area (Å²) in [5.74, 6) is 0.00125. The van der Waals surface area contributed by atoms with E-state index in [-0.39, 0.29) is 5.91 Å². The molecule has 0 saturated heterocycles. The number of likely N-dealkylation sites (N-methyl/N-ethyl adjacent to an activating group) is 2. The molecule has 0 aliphatic carbocycles. The molecule has 0 bridgehead atoms. The van der Waals surface area contributed by atoms with Crippen molar-refractivity contribution in [3.63, 3.8) is 0 Å². The van der Waals surface area contributed by atoms with Gasteiger partial charge in [-0.1, -0.05) is 18.3 Å². The Morgan fingerprint density at radius 3 is 2.88 bits per heavy atom. The van der Waals surface area contributed by atoms with E-state index in [2.05, 4.69) is 27.8 Å². The van der Waals surface area contributed by atoms with Crippen LogP contribution in [0.4, 0.5) is 5.13 Å². The summed E-state index contributed by atoms with van der Waals surface area (Å²) < 4.78 is 0. The summed E-state index contributed by atoms with van der Waals surface area (Å²) in [4.78, 5) is 13.1. The zero-order valence-corrected chi connectivity index (χ0v) is 11.3. The second-order valence-corrected chi connectivity index (χ2v) is 4.84. The largest absolute Gasteiger partial charge is 0.360 e. The van der Waals surface area contributed by atoms with E-state index in [1.807, 2.05) is 11.9 Å². The monoisotopic (exact) mass is 257 g/mol. The third-order valence-electron chi connectivity index (χ3n) is 2.09. The lowest BCUT2D eigenvalue weighted by Gasteiger charge is -2.12. The summed E-state index contributed by atoms with van der Waals surface area (Å²) in [7, 11) is 3.52. The van der Waals surface area contributed by atoms with Crippen molar-refractivity contribution in [2.75, 3.05) is 32.5 Å². The van der Waals surface area contributed by atoms with E-state index in [4.69, 9.17) is 0 Å². The van der Waals surface area contributed by atoms with E-state index in [9.17, 15) is 4.79 Å². The second-order valence-electron chi connectivity index (χ2n) is 3.77. The van der Waals surface area contributed by atoms with E-state index in [1.165, 1.54) is 11.3 Å². The minimum atomic E-state index is 0.00125. The van der Waals surface area contributed by atoms with Gasteiger partial charge in [0, 0.05) is 13.6 Å². The number of anilines is 1. The summed E-state index contributed by atoms with van der Waals surface area (Å²) in [5.41, 5.74) is 0. The van der Waals surface area contributed by atoms with E-state index >= 15 is 0 Å². The molecule has 1 amide bonds. The smallest absolute Gasteiger partial charge is 0.233 e. The molecule has 6 nitrogen and oxygen atoms in total. The molecule has 1 rings (SSSR count). The van der Waals surface area contributed by atoms with Crippen molar-refractivity contribution < 1.29 is 4.79 Å². The molecular formula is C10H19N5OS. The Labute approximate surface area is 105 Å². The summed E-state index contributed by atoms with van der Waals surface area (Å²) in [6.07, 6.45) is 1.06. The van der Waals surface area contributed by atoms with Gasteiger partial charge in [0.15, 0.2) is 0 Å². The lowest BCUT2D eigenvalue weighted by Crippen LogP contribution is -2.32. The van der Waals surface area contributed by atoms with Crippen molar-refractivity contribution in [2.45, 2.75) is 19.9 Å². The highest BCUT2D eigenvalue weighted by Crippen LogP contribution is 2.16. The van der Waals surface area contributed by atoms with Gasteiger partial charge >= 0.3 is 0 Å². The maximum absolute atomic E-state index is 11.2. The van der Waals surface area contributed by atoms with Crippen LogP contribution in [0.5, 0.6) is 0 Å². The zero-order valence-electron chi connectivity index (χ0n) is 10.5. The quantitative estimate of drug-likeness (QED) is 0.746. The highest BCUT2D eigenvalue weighted by Gasteiger charge is 2.09. The highest BCUT2D eigenvalue weighted by atomic mass is 32.1. The highest BCUT2D eigenvalue weighted by molar-refractivity contribution is 7.15. The van der Waals surface area contributed by atoms with Crippen LogP contribution in [-0.2, 0) is 11.3 Å². The molecule has 0 saturated carbocycles. The van der Waals surface area contributed by atoms with Crippen molar-refractivity contribution >= 4 is 22.4 Å². The van der Waals surface area contributed by atoms with Gasteiger partial charge in [0.05, 0.1) is 13.1 Å². The van der Waals surface area contributed by atoms with Gasteiger partial charge in [-0.15, -0.1) is 10.2 Å². The summed E-state index contributed by atoms with van der Waals surface area (Å²) in [6.45, 7) is 4.02. The number of hydrogen-bond donors (Lipinski definition) is 2. The fourth-order valence-corrected chi connectivity index (χ4v) is 2.08. The Morgan fingerprint density at radius 2 is 2.24 bits per heavy atom. The number of amides is 1. The van der Waals surface area contributed by atoms with Crippen LogP contribution >= 0.6 is 11.3 Å². The summed E-state index contributed by atoms with van der Waals surface area (Å²) >= 11 is 1.53. The van der Waals surface area contributed by atoms with E-state index < -0.39 is 0 Å². The Balaban J connectivity index is 2.40. The van der Waals surface area contributed by atoms with Crippen LogP contribution in [0, 0.1) is 0 Å². The van der Waals surface area contributed by atoms with Crippen LogP contribution in [-0.4, -0.2) is 48.2 Å². The van der Waals surface area contributed by atoms with Gasteiger partial charge in [0.2, 0.25) is 11.0 Å². The standard InChI is InChI=1S/C10H19N5OS/c1-4-5-12-10-14-13-9(17-10)7-15(3)6-8(16)11-2/h4-7H2,1-3H3,(H,11,16)(H,12,14). The Hall–Kier alpha value is -1.21. The maximum atomic E-state index is 11.2. The summed E-state index contributed by atoms with van der Waals surface area (Å²) in [6, 6.07) is 0. The Morgan fingerprint density at radius 1 is 1.47 bits per heavy atom. The van der Waals surface area contributed by atoms with Gasteiger partial charge in [-0.05, 0) is 13.5 Å². The van der Waals surface area contributed by atoms with E-state index in [1.54, 1.807) is 7.05 Å². The predicted molar refractivity (Wildman–Crippen MR) is 69.1 cm³/mol. The molecule has 0 aliphatic rings. The van der Waals surface area contributed by atoms with Crippen molar-refractivity contribution in [3.8, 4) is 0 Å². The molecule has 0 fully saturated rings. The molecule has 0 atom stereocenters. The van der Waals surface area contributed by atoms with Gasteiger partial charge in [-0.25, -0.2) is 0 Å². The van der Waals surface area contributed by atoms with Crippen LogP contribution in [0.15, 0.2) is 0 Å². The molecule has 2 N–H and O–H groups in total. The van der Waals surface area contributed by atoms with Crippen LogP contribution in [0.25, 0.3) is 0 Å². The first-order valence-electron chi connectivity index (χ1n) is 5.61. The average molecular weight is 257 g/mol. The number of hydrogen-bond acceptors (Lipinski definition) is 6. The number of nitrogens with one attached hydrogen (secondary N) is 2. The average Bonchev–Trinajstić information content (AvgIpc) is 2.73. The number of nitrogens with zero attached hydrogens (tertiary/aromatic N) is 3. The van der Waals surface area contributed by atoms with Crippen molar-refractivity contribution in [3.05, 3.63) is 5.01 Å². The van der Waals surface area contributed by atoms with Crippen LogP contribution < -0.4 is 10.6 Å². The zero-order chi connectivity index (χ0) is 12.7. The number of aromatic nitrogens is 2. The molecule has 96 valence electrons. The first-order chi connectivity index (χ1) is 8.15. The number of rotatable bonds is 7. The van der Waals surface area contributed by atoms with Crippen LogP contribution in [0.1, 0.15) is 18.4 Å². The molecule has 7 heteroatoms. The van der Waals surface area contributed by atoms with Gasteiger partial charge in [0.25, 0.3) is 0 Å². The molecule has 0 aromatic carbocycles. The molecule has 0 spiro atoms. The molecule has 0 aliphatic heterocycles. The van der Waals surface area contributed by atoms with Crippen LogP contribution in [0.3, 0.4) is 0 Å². The lowest BCUT2D eigenvalue weighted by molar-refractivity contribution is -0.121. The predicted octanol–water partition coefficient (Wildman–Crippen LogP) is 0.538. The van der Waals surface area contributed by atoms with Crippen LogP contribution in [0.2, 0.25) is 0 Å². The van der Waals surface area contributed by atoms with Crippen molar-refractivity contribution in [2.24, 2.45) is 0 Å². The molecule has 0 unspecified atom stereocenters. The van der Waals surface area contributed by atoms with Gasteiger partial charge < -0.3 is 10.6 Å². The number of carbonyl (C=O) groups is 1. The molecule has 17 heavy (non-hydrogen) atoms. The lowest BCUT2D eigenvalue weighted by atomic mass is 10.5. The minimum Gasteiger partial charge on any atom is -0.360 e. The third kappa shape index (κ3) is 5.10. The first-order valence-corrected chi connectivity index (χ1v) is 6.42. The fourth-order valence-electron chi connectivity index (χ4n) is 1.23. The van der Waals surface area contributed by atoms with Gasteiger partial charge in [-0.3, -0.25) is 9.69 Å². The SMILES string of the molecule is CCCNc1nnc(CN(C)CC(=O)NC)s1. The van der Waals surface area contributed by atoms with E-state index in [0.29, 0.717) is 13.1 Å². The second kappa shape index (κ2) is 7.18. The van der Waals surface area contributed by atoms with Crippen molar-refractivity contribution in [1.82, 2.24) is 20.4 Å². The Bertz CT molecular complexity index is 354. The number of carbonyl (C=O) groups excluding carboxylic acids is 1. The fraction of sp³-hybridized carbons (Fsp3) is 0.700. The molecular weight excluding hydrogens is 238 g/mol. The molecule has 1 heterocycles. The minimum absolute atomic E-state index is 0.00125.